The van der Waals surface area contributed by atoms with Gasteiger partial charge in [0.25, 0.3) is 5.91 Å². The number of piperidine rings is 4. The lowest BCUT2D eigenvalue weighted by Crippen LogP contribution is -2.60. The maximum Gasteiger partial charge on any atom is 0.255 e. The molecule has 8 nitrogen and oxygen atoms in total. The van der Waals surface area contributed by atoms with E-state index in [0.29, 0.717) is 55.7 Å². The molecule has 5 aliphatic heterocycles. The third-order valence-electron chi connectivity index (χ3n) is 8.12. The molecule has 6 rings (SSSR count). The first-order chi connectivity index (χ1) is 15.6. The smallest absolute Gasteiger partial charge is 0.255 e. The number of carbonyl (C=O) groups is 2. The molecule has 0 N–H and O–H groups in total. The predicted molar refractivity (Wildman–Crippen MR) is 117 cm³/mol. The number of aromatic nitrogens is 1. The first-order valence-corrected chi connectivity index (χ1v) is 12.2. The fraction of sp³-hybridized carbons (Fsp3) is 0.708. The van der Waals surface area contributed by atoms with Gasteiger partial charge in [-0.25, -0.2) is 4.98 Å². The molecule has 5 aliphatic rings. The fourth-order valence-corrected chi connectivity index (χ4v) is 6.52. The SMILES string of the molecule is O=C(c1ccc(N2CC3CC(C2)[C@H]2CCCC(=O)N2C3)nc1)N1CCC2(CC1)OCCO2. The number of ether oxygens (including phenoxy) is 2. The van der Waals surface area contributed by atoms with Gasteiger partial charge < -0.3 is 24.2 Å². The zero-order valence-electron chi connectivity index (χ0n) is 18.6. The number of amides is 2. The van der Waals surface area contributed by atoms with E-state index < -0.39 is 5.79 Å². The Morgan fingerprint density at radius 1 is 1.09 bits per heavy atom. The van der Waals surface area contributed by atoms with E-state index in [1.165, 1.54) is 6.42 Å². The van der Waals surface area contributed by atoms with E-state index in [2.05, 4.69) is 14.8 Å². The molecule has 2 unspecified atom stereocenters. The summed E-state index contributed by atoms with van der Waals surface area (Å²) in [4.78, 5) is 36.5. The first-order valence-electron chi connectivity index (χ1n) is 12.2. The van der Waals surface area contributed by atoms with Crippen molar-refractivity contribution in [2.24, 2.45) is 11.8 Å². The summed E-state index contributed by atoms with van der Waals surface area (Å²) >= 11 is 0. The normalized spacial score (nSPS) is 31.7. The molecule has 3 atom stereocenters. The monoisotopic (exact) mass is 440 g/mol. The molecule has 2 bridgehead atoms. The van der Waals surface area contributed by atoms with Crippen LogP contribution in [0.3, 0.4) is 0 Å². The number of likely N-dealkylation sites (tertiary alicyclic amines) is 1. The number of fused-ring (bicyclic) bond motifs is 4. The van der Waals surface area contributed by atoms with Crippen molar-refractivity contribution in [3.8, 4) is 0 Å². The highest BCUT2D eigenvalue weighted by molar-refractivity contribution is 5.94. The Labute approximate surface area is 188 Å². The van der Waals surface area contributed by atoms with Gasteiger partial charge >= 0.3 is 0 Å². The number of rotatable bonds is 2. The van der Waals surface area contributed by atoms with Gasteiger partial charge in [0.1, 0.15) is 5.82 Å². The lowest BCUT2D eigenvalue weighted by molar-refractivity contribution is -0.181. The van der Waals surface area contributed by atoms with Crippen LogP contribution in [0, 0.1) is 11.8 Å². The number of anilines is 1. The lowest BCUT2D eigenvalue weighted by Gasteiger charge is -2.52. The number of pyridine rings is 1. The third-order valence-corrected chi connectivity index (χ3v) is 8.12. The molecule has 1 aromatic heterocycles. The van der Waals surface area contributed by atoms with Gasteiger partial charge in [0, 0.05) is 64.2 Å². The van der Waals surface area contributed by atoms with E-state index in [4.69, 9.17) is 9.47 Å². The lowest BCUT2D eigenvalue weighted by atomic mass is 9.76. The van der Waals surface area contributed by atoms with Crippen molar-refractivity contribution in [3.63, 3.8) is 0 Å². The van der Waals surface area contributed by atoms with Crippen LogP contribution in [-0.4, -0.2) is 84.4 Å². The maximum atomic E-state index is 13.0. The number of hydrogen-bond acceptors (Lipinski definition) is 6. The summed E-state index contributed by atoms with van der Waals surface area (Å²) in [5.41, 5.74) is 0.638. The van der Waals surface area contributed by atoms with Crippen LogP contribution in [0.1, 0.15) is 48.9 Å². The first kappa shape index (κ1) is 20.4. The highest BCUT2D eigenvalue weighted by atomic mass is 16.7. The van der Waals surface area contributed by atoms with E-state index in [1.807, 2.05) is 17.0 Å². The summed E-state index contributed by atoms with van der Waals surface area (Å²) in [6.07, 6.45) is 7.26. The molecule has 1 aromatic rings. The second kappa shape index (κ2) is 7.99. The highest BCUT2D eigenvalue weighted by Gasteiger charge is 2.44. The van der Waals surface area contributed by atoms with Crippen molar-refractivity contribution >= 4 is 17.6 Å². The predicted octanol–water partition coefficient (Wildman–Crippen LogP) is 1.90. The van der Waals surface area contributed by atoms with Crippen LogP contribution < -0.4 is 4.90 Å². The quantitative estimate of drug-likeness (QED) is 0.699. The van der Waals surface area contributed by atoms with E-state index in [9.17, 15) is 9.59 Å². The summed E-state index contributed by atoms with van der Waals surface area (Å²) in [5, 5.41) is 0. The minimum atomic E-state index is -0.469. The summed E-state index contributed by atoms with van der Waals surface area (Å²) in [6.45, 7) is 5.34. The molecule has 2 amide bonds. The van der Waals surface area contributed by atoms with Crippen LogP contribution in [0.2, 0.25) is 0 Å². The Morgan fingerprint density at radius 3 is 2.66 bits per heavy atom. The Morgan fingerprint density at radius 2 is 1.91 bits per heavy atom. The van der Waals surface area contributed by atoms with Crippen LogP contribution in [0.25, 0.3) is 0 Å². The molecule has 172 valence electrons. The highest BCUT2D eigenvalue weighted by Crippen LogP contribution is 2.39. The largest absolute Gasteiger partial charge is 0.356 e. The van der Waals surface area contributed by atoms with E-state index in [-0.39, 0.29) is 5.91 Å². The van der Waals surface area contributed by atoms with Crippen molar-refractivity contribution in [1.29, 1.82) is 0 Å². The van der Waals surface area contributed by atoms with Gasteiger partial charge in [-0.15, -0.1) is 0 Å². The van der Waals surface area contributed by atoms with Crippen molar-refractivity contribution in [2.45, 2.75) is 50.4 Å². The summed E-state index contributed by atoms with van der Waals surface area (Å²) in [7, 11) is 0. The molecule has 5 saturated heterocycles. The Balaban J connectivity index is 1.10. The fourth-order valence-electron chi connectivity index (χ4n) is 6.52. The van der Waals surface area contributed by atoms with Gasteiger partial charge in [0.05, 0.1) is 18.8 Å². The third kappa shape index (κ3) is 3.57. The minimum Gasteiger partial charge on any atom is -0.356 e. The molecule has 5 fully saturated rings. The standard InChI is InChI=1S/C24H32N4O4/c29-22-3-1-2-20-19-12-17(15-28(20)22)14-27(16-19)21-5-4-18(13-25-21)23(30)26-8-6-24(7-9-26)31-10-11-32-24/h4-5,13,17,19-20H,1-3,6-12,14-16H2/t17?,19?,20-/m1/s1. The average Bonchev–Trinajstić information content (AvgIpc) is 3.28. The van der Waals surface area contributed by atoms with Crippen LogP contribution in [0.4, 0.5) is 5.82 Å². The molecule has 0 aromatic carbocycles. The second-order valence-corrected chi connectivity index (χ2v) is 10.1. The number of carbonyl (C=O) groups excluding carboxylic acids is 2. The van der Waals surface area contributed by atoms with Crippen LogP contribution in [0.15, 0.2) is 18.3 Å². The molecule has 8 heteroatoms. The topological polar surface area (TPSA) is 75.2 Å². The van der Waals surface area contributed by atoms with Crippen molar-refractivity contribution in [3.05, 3.63) is 23.9 Å². The second-order valence-electron chi connectivity index (χ2n) is 10.1. The van der Waals surface area contributed by atoms with Gasteiger partial charge in [0.15, 0.2) is 5.79 Å². The van der Waals surface area contributed by atoms with Gasteiger partial charge in [-0.3, -0.25) is 9.59 Å². The summed E-state index contributed by atoms with van der Waals surface area (Å²) in [6, 6.07) is 4.30. The van der Waals surface area contributed by atoms with Gasteiger partial charge in [-0.05, 0) is 43.2 Å². The molecule has 0 radical (unpaired) electrons. The molecule has 32 heavy (non-hydrogen) atoms. The van der Waals surface area contributed by atoms with Gasteiger partial charge in [-0.2, -0.15) is 0 Å². The molecule has 6 heterocycles. The van der Waals surface area contributed by atoms with Gasteiger partial charge in [0.2, 0.25) is 5.91 Å². The zero-order valence-corrected chi connectivity index (χ0v) is 18.6. The summed E-state index contributed by atoms with van der Waals surface area (Å²) < 4.78 is 11.5. The number of nitrogens with zero attached hydrogens (tertiary/aromatic N) is 4. The average molecular weight is 441 g/mol. The van der Waals surface area contributed by atoms with Crippen molar-refractivity contribution in [2.75, 3.05) is 50.8 Å². The Hall–Kier alpha value is -2.19. The Kier molecular flexibility index (Phi) is 5.10. The molecular formula is C24H32N4O4. The molecule has 1 spiro atoms. The van der Waals surface area contributed by atoms with E-state index >= 15 is 0 Å². The maximum absolute atomic E-state index is 13.0. The molecular weight excluding hydrogens is 408 g/mol. The number of hydrogen-bond donors (Lipinski definition) is 0. The minimum absolute atomic E-state index is 0.0313. The van der Waals surface area contributed by atoms with Gasteiger partial charge in [-0.1, -0.05) is 0 Å². The summed E-state index contributed by atoms with van der Waals surface area (Å²) in [5.74, 6) is 1.89. The van der Waals surface area contributed by atoms with Crippen LogP contribution in [-0.2, 0) is 14.3 Å². The Bertz CT molecular complexity index is 874. The molecule has 0 aliphatic carbocycles. The molecule has 0 saturated carbocycles. The van der Waals surface area contributed by atoms with Crippen molar-refractivity contribution in [1.82, 2.24) is 14.8 Å². The van der Waals surface area contributed by atoms with Crippen LogP contribution >= 0.6 is 0 Å². The van der Waals surface area contributed by atoms with E-state index in [0.717, 1.165) is 57.6 Å². The van der Waals surface area contributed by atoms with E-state index in [1.54, 1.807) is 6.20 Å². The zero-order chi connectivity index (χ0) is 21.7. The van der Waals surface area contributed by atoms with Crippen LogP contribution in [0.5, 0.6) is 0 Å². The van der Waals surface area contributed by atoms with Crippen molar-refractivity contribution < 1.29 is 19.1 Å².